The third kappa shape index (κ3) is 6.94. The standard InChI is InChI=1S/C78H48/c1-4-22-58-52(16-1)19-13-31-61(58)55-40-34-49(35-41-55)46-70-64-25-7-10-28-67(64)73-76(70)74-68-29-11-8-26-65(68)71(47-50-36-42-56(43-37-50)62-32-14-20-53-17-2-5-23-59(53)62)78(74)75-69-30-12-9-27-66(69)72(77(73)75)48-51-38-44-57(45-39-51)63-33-15-21-54-18-3-6-24-60(54)63/h1-48H/b70-46+,71-47+,72-48+. The molecule has 0 aromatic heterocycles. The maximum absolute atomic E-state index is 2.46. The molecule has 0 aliphatic heterocycles. The average molecular weight is 985 g/mol. The Balaban J connectivity index is 0.929. The molecule has 0 nitrogen and oxygen atoms in total. The van der Waals surface area contributed by atoms with E-state index >= 15 is 0 Å². The highest BCUT2D eigenvalue weighted by Crippen LogP contribution is 2.64. The zero-order chi connectivity index (χ0) is 51.3. The van der Waals surface area contributed by atoms with Gasteiger partial charge in [0.2, 0.25) is 0 Å². The van der Waals surface area contributed by atoms with Crippen LogP contribution in [0.1, 0.15) is 50.1 Å². The highest BCUT2D eigenvalue weighted by atomic mass is 14.4. The van der Waals surface area contributed by atoms with Crippen molar-refractivity contribution in [3.8, 4) is 66.8 Å². The number of rotatable bonds is 6. The predicted octanol–water partition coefficient (Wildman–Crippen LogP) is 20.9. The minimum Gasteiger partial charge on any atom is -0.0616 e. The van der Waals surface area contributed by atoms with Crippen LogP contribution in [0.4, 0.5) is 0 Å². The molecule has 0 atom stereocenters. The van der Waals surface area contributed by atoms with Crippen molar-refractivity contribution in [1.29, 1.82) is 0 Å². The molecular weight excluding hydrogens is 937 g/mol. The van der Waals surface area contributed by atoms with Gasteiger partial charge in [0.1, 0.15) is 0 Å². The molecule has 0 N–H and O–H groups in total. The van der Waals surface area contributed by atoms with Crippen molar-refractivity contribution in [2.24, 2.45) is 0 Å². The van der Waals surface area contributed by atoms with Crippen LogP contribution in [0.15, 0.2) is 273 Å². The van der Waals surface area contributed by atoms with Crippen LogP contribution in [-0.2, 0) is 0 Å². The summed E-state index contributed by atoms with van der Waals surface area (Å²) in [5.74, 6) is 0. The molecule has 0 spiro atoms. The Hall–Kier alpha value is -10.1. The van der Waals surface area contributed by atoms with E-state index in [0.717, 1.165) is 0 Å². The monoisotopic (exact) mass is 984 g/mol. The summed E-state index contributed by atoms with van der Waals surface area (Å²) in [6, 6.07) is 101. The second-order valence-corrected chi connectivity index (χ2v) is 21.0. The summed E-state index contributed by atoms with van der Waals surface area (Å²) in [5.41, 5.74) is 30.1. The van der Waals surface area contributed by atoms with Gasteiger partial charge in [0.15, 0.2) is 0 Å². The van der Waals surface area contributed by atoms with Crippen molar-refractivity contribution in [2.45, 2.75) is 0 Å². The minimum absolute atomic E-state index is 1.17. The first-order valence-electron chi connectivity index (χ1n) is 27.1. The van der Waals surface area contributed by atoms with E-state index in [9.17, 15) is 0 Å². The Morgan fingerprint density at radius 3 is 0.692 bits per heavy atom. The van der Waals surface area contributed by atoms with Crippen molar-refractivity contribution in [1.82, 2.24) is 0 Å². The van der Waals surface area contributed by atoms with Gasteiger partial charge in [-0.25, -0.2) is 0 Å². The second kappa shape index (κ2) is 17.7. The Kier molecular flexibility index (Phi) is 10.0. The van der Waals surface area contributed by atoms with Crippen LogP contribution in [-0.4, -0.2) is 0 Å². The van der Waals surface area contributed by atoms with Gasteiger partial charge in [-0.15, -0.1) is 0 Å². The Bertz CT molecular complexity index is 4210. The molecule has 0 bridgehead atoms. The molecule has 3 aliphatic rings. The first-order chi connectivity index (χ1) is 38.7. The molecule has 360 valence electrons. The van der Waals surface area contributed by atoms with Gasteiger partial charge in [-0.3, -0.25) is 0 Å². The second-order valence-electron chi connectivity index (χ2n) is 21.0. The van der Waals surface area contributed by atoms with Gasteiger partial charge in [-0.2, -0.15) is 0 Å². The molecule has 78 heavy (non-hydrogen) atoms. The maximum atomic E-state index is 2.46. The van der Waals surface area contributed by atoms with Gasteiger partial charge in [-0.05, 0) is 184 Å². The number of fused-ring (bicyclic) bond motifs is 15. The van der Waals surface area contributed by atoms with Gasteiger partial charge in [0, 0.05) is 0 Å². The predicted molar refractivity (Wildman–Crippen MR) is 332 cm³/mol. The van der Waals surface area contributed by atoms with Crippen LogP contribution in [0, 0.1) is 0 Å². The molecule has 13 aromatic rings. The van der Waals surface area contributed by atoms with E-state index in [1.807, 2.05) is 0 Å². The van der Waals surface area contributed by atoms with E-state index in [-0.39, 0.29) is 0 Å². The van der Waals surface area contributed by atoms with E-state index in [4.69, 9.17) is 0 Å². The van der Waals surface area contributed by atoms with Crippen LogP contribution >= 0.6 is 0 Å². The van der Waals surface area contributed by atoms with Crippen molar-refractivity contribution in [3.63, 3.8) is 0 Å². The molecule has 0 heteroatoms. The summed E-state index contributed by atoms with van der Waals surface area (Å²) >= 11 is 0. The maximum Gasteiger partial charge on any atom is -0.000697 e. The molecule has 16 rings (SSSR count). The largest absolute Gasteiger partial charge is 0.0616 e. The average Bonchev–Trinajstić information content (AvgIpc) is 4.15. The molecular formula is C78H48. The molecule has 13 aromatic carbocycles. The highest BCUT2D eigenvalue weighted by molar-refractivity contribution is 6.26. The van der Waals surface area contributed by atoms with Gasteiger partial charge in [0.25, 0.3) is 0 Å². The summed E-state index contributed by atoms with van der Waals surface area (Å²) in [6.45, 7) is 0. The molecule has 0 heterocycles. The van der Waals surface area contributed by atoms with Crippen LogP contribution in [0.25, 0.3) is 134 Å². The smallest absolute Gasteiger partial charge is 0.000697 e. The fourth-order valence-corrected chi connectivity index (χ4v) is 13.2. The first kappa shape index (κ1) is 44.2. The summed E-state index contributed by atoms with van der Waals surface area (Å²) in [4.78, 5) is 0. The van der Waals surface area contributed by atoms with Gasteiger partial charge < -0.3 is 0 Å². The van der Waals surface area contributed by atoms with Crippen molar-refractivity contribution < 1.29 is 0 Å². The number of benzene rings is 13. The van der Waals surface area contributed by atoms with Crippen molar-refractivity contribution in [2.75, 3.05) is 0 Å². The van der Waals surface area contributed by atoms with Gasteiger partial charge in [-0.1, -0.05) is 273 Å². The summed E-state index contributed by atoms with van der Waals surface area (Å²) in [6.07, 6.45) is 7.37. The summed E-state index contributed by atoms with van der Waals surface area (Å²) in [7, 11) is 0. The number of hydrogen-bond acceptors (Lipinski definition) is 0. The van der Waals surface area contributed by atoms with Crippen LogP contribution in [0.3, 0.4) is 0 Å². The first-order valence-corrected chi connectivity index (χ1v) is 27.1. The van der Waals surface area contributed by atoms with Crippen molar-refractivity contribution in [3.05, 3.63) is 323 Å². The van der Waals surface area contributed by atoms with E-state index in [2.05, 4.69) is 291 Å². The van der Waals surface area contributed by atoms with E-state index in [0.29, 0.717) is 0 Å². The van der Waals surface area contributed by atoms with E-state index in [1.54, 1.807) is 0 Å². The lowest BCUT2D eigenvalue weighted by Crippen LogP contribution is -1.97. The van der Waals surface area contributed by atoms with E-state index in [1.165, 1.54) is 166 Å². The zero-order valence-corrected chi connectivity index (χ0v) is 42.7. The number of hydrogen-bond donors (Lipinski definition) is 0. The Morgan fingerprint density at radius 2 is 0.397 bits per heavy atom. The lowest BCUT2D eigenvalue weighted by molar-refractivity contribution is 1.58. The SMILES string of the molecule is C(=C1/c2ccccc2-c2c1c1c(c3c2/C(=C/c2ccc(-c4cccc5ccccc45)cc2)c2ccccc2-3)/C(=C/c2ccc(-c3cccc4ccccc34)cc2)c2ccccc2-1)/c1ccc(-c2cccc3ccccc23)cc1. The Labute approximate surface area is 454 Å². The Morgan fingerprint density at radius 1 is 0.167 bits per heavy atom. The normalized spacial score (nSPS) is 14.2. The topological polar surface area (TPSA) is 0 Å². The molecule has 3 aliphatic carbocycles. The molecule has 0 saturated heterocycles. The van der Waals surface area contributed by atoms with Crippen LogP contribution in [0.2, 0.25) is 0 Å². The van der Waals surface area contributed by atoms with Crippen molar-refractivity contribution >= 4 is 67.3 Å². The van der Waals surface area contributed by atoms with Gasteiger partial charge >= 0.3 is 0 Å². The minimum atomic E-state index is 1.17. The lowest BCUT2D eigenvalue weighted by atomic mass is 9.83. The molecule has 0 amide bonds. The fraction of sp³-hybridized carbons (Fsp3) is 0. The lowest BCUT2D eigenvalue weighted by Gasteiger charge is -2.19. The highest BCUT2D eigenvalue weighted by Gasteiger charge is 2.42. The third-order valence-electron chi connectivity index (χ3n) is 16.7. The third-order valence-corrected chi connectivity index (χ3v) is 16.7. The molecule has 0 unspecified atom stereocenters. The zero-order valence-electron chi connectivity index (χ0n) is 42.7. The summed E-state index contributed by atoms with van der Waals surface area (Å²) < 4.78 is 0. The van der Waals surface area contributed by atoms with Crippen LogP contribution < -0.4 is 0 Å². The summed E-state index contributed by atoms with van der Waals surface area (Å²) in [5, 5.41) is 7.56. The molecule has 0 saturated carbocycles. The fourth-order valence-electron chi connectivity index (χ4n) is 13.2. The quantitative estimate of drug-likeness (QED) is 0.156. The molecule has 0 radical (unpaired) electrons. The van der Waals surface area contributed by atoms with E-state index < -0.39 is 0 Å². The molecule has 0 fully saturated rings. The van der Waals surface area contributed by atoms with Crippen LogP contribution in [0.5, 0.6) is 0 Å². The van der Waals surface area contributed by atoms with Gasteiger partial charge in [0.05, 0.1) is 0 Å².